The van der Waals surface area contributed by atoms with E-state index in [1.807, 2.05) is 6.08 Å². The van der Waals surface area contributed by atoms with E-state index in [0.717, 1.165) is 0 Å². The molecule has 0 saturated heterocycles. The molecule has 0 unspecified atom stereocenters. The molecule has 0 heterocycles. The molecule has 0 aliphatic rings. The van der Waals surface area contributed by atoms with Crippen LogP contribution in [0, 0.1) is 0 Å². The van der Waals surface area contributed by atoms with E-state index in [4.69, 9.17) is 0 Å². The van der Waals surface area contributed by atoms with E-state index in [-0.39, 0.29) is 0 Å². The van der Waals surface area contributed by atoms with E-state index >= 15 is 0 Å². The van der Waals surface area contributed by atoms with Crippen molar-refractivity contribution in [1.82, 2.24) is 0 Å². The average molecular weight is 186 g/mol. The van der Waals surface area contributed by atoms with Gasteiger partial charge in [0.25, 0.3) is 0 Å². The Bertz CT molecular complexity index is 290. The molecule has 0 heteroatoms. The van der Waals surface area contributed by atoms with Crippen molar-refractivity contribution < 1.29 is 0 Å². The third kappa shape index (κ3) is 3.61. The molecule has 0 bridgehead atoms. The minimum Gasteiger partial charge on any atom is -0.0991 e. The van der Waals surface area contributed by atoms with Crippen LogP contribution in [-0.2, 0) is 6.42 Å². The van der Waals surface area contributed by atoms with Gasteiger partial charge < -0.3 is 0 Å². The quantitative estimate of drug-likeness (QED) is 0.604. The van der Waals surface area contributed by atoms with Crippen molar-refractivity contribution in [2.45, 2.75) is 26.2 Å². The van der Waals surface area contributed by atoms with Crippen LogP contribution < -0.4 is 0 Å². The molecule has 0 aromatic heterocycles. The van der Waals surface area contributed by atoms with Crippen LogP contribution in [0.15, 0.2) is 43.0 Å². The zero-order valence-electron chi connectivity index (χ0n) is 8.87. The number of benzene rings is 1. The monoisotopic (exact) mass is 186 g/mol. The largest absolute Gasteiger partial charge is 0.0991 e. The second-order valence-corrected chi connectivity index (χ2v) is 3.44. The highest BCUT2D eigenvalue weighted by Crippen LogP contribution is 2.09. The molecular formula is C14H18. The maximum absolute atomic E-state index is 3.65. The zero-order valence-corrected chi connectivity index (χ0v) is 8.87. The molecule has 0 fully saturated rings. The molecule has 14 heavy (non-hydrogen) atoms. The van der Waals surface area contributed by atoms with Crippen molar-refractivity contribution in [2.75, 3.05) is 0 Å². The Kier molecular flexibility index (Phi) is 4.77. The van der Waals surface area contributed by atoms with E-state index in [0.29, 0.717) is 0 Å². The second kappa shape index (κ2) is 6.20. The van der Waals surface area contributed by atoms with E-state index in [1.54, 1.807) is 6.08 Å². The predicted octanol–water partition coefficient (Wildman–Crippen LogP) is 4.23. The first kappa shape index (κ1) is 10.8. The molecule has 0 spiro atoms. The van der Waals surface area contributed by atoms with Crippen molar-refractivity contribution in [3.63, 3.8) is 0 Å². The predicted molar refractivity (Wildman–Crippen MR) is 64.3 cm³/mol. The summed E-state index contributed by atoms with van der Waals surface area (Å²) in [6.45, 7) is 5.87. The molecule has 1 aromatic carbocycles. The van der Waals surface area contributed by atoms with Crippen molar-refractivity contribution >= 4 is 6.08 Å². The fraction of sp³-hybridized carbons (Fsp3) is 0.286. The van der Waals surface area contributed by atoms with Crippen LogP contribution in [0.1, 0.15) is 30.9 Å². The Morgan fingerprint density at radius 1 is 1.21 bits per heavy atom. The van der Waals surface area contributed by atoms with Crippen LogP contribution >= 0.6 is 0 Å². The lowest BCUT2D eigenvalue weighted by Crippen LogP contribution is -1.83. The Labute approximate surface area is 87.0 Å². The highest BCUT2D eigenvalue weighted by atomic mass is 14.0. The summed E-state index contributed by atoms with van der Waals surface area (Å²) in [5, 5.41) is 0. The molecule has 0 N–H and O–H groups in total. The average Bonchev–Trinajstić information content (AvgIpc) is 2.25. The number of hydrogen-bond donors (Lipinski definition) is 0. The third-order valence-corrected chi connectivity index (χ3v) is 2.22. The Morgan fingerprint density at radius 2 is 1.93 bits per heavy atom. The van der Waals surface area contributed by atoms with E-state index in [9.17, 15) is 0 Å². The van der Waals surface area contributed by atoms with Crippen LogP contribution in [0.3, 0.4) is 0 Å². The van der Waals surface area contributed by atoms with Gasteiger partial charge in [-0.1, -0.05) is 62.4 Å². The molecule has 0 saturated carbocycles. The van der Waals surface area contributed by atoms with Gasteiger partial charge in [-0.15, -0.1) is 0 Å². The van der Waals surface area contributed by atoms with Crippen LogP contribution in [0.25, 0.3) is 6.08 Å². The summed E-state index contributed by atoms with van der Waals surface area (Å²) >= 11 is 0. The van der Waals surface area contributed by atoms with E-state index in [1.165, 1.54) is 30.4 Å². The van der Waals surface area contributed by atoms with Crippen molar-refractivity contribution in [3.05, 3.63) is 54.1 Å². The summed E-state index contributed by atoms with van der Waals surface area (Å²) in [6, 6.07) is 8.73. The van der Waals surface area contributed by atoms with Gasteiger partial charge in [0.15, 0.2) is 0 Å². The number of unbranched alkanes of at least 4 members (excludes halogenated alkanes) is 1. The summed E-state index contributed by atoms with van der Waals surface area (Å²) in [5.74, 6) is 0. The highest BCUT2D eigenvalue weighted by molar-refractivity contribution is 5.51. The summed E-state index contributed by atoms with van der Waals surface area (Å²) in [7, 11) is 0. The maximum Gasteiger partial charge on any atom is -0.0256 e. The normalized spacial score (nSPS) is 10.6. The van der Waals surface area contributed by atoms with Crippen LogP contribution in [0.2, 0.25) is 0 Å². The van der Waals surface area contributed by atoms with Gasteiger partial charge in [0, 0.05) is 0 Å². The first-order valence-electron chi connectivity index (χ1n) is 5.25. The summed E-state index contributed by atoms with van der Waals surface area (Å²) < 4.78 is 0. The van der Waals surface area contributed by atoms with Crippen LogP contribution in [-0.4, -0.2) is 0 Å². The van der Waals surface area contributed by atoms with Gasteiger partial charge in [0.1, 0.15) is 0 Å². The summed E-state index contributed by atoms with van der Waals surface area (Å²) in [5.41, 5.74) is 2.67. The first-order chi connectivity index (χ1) is 6.86. The molecule has 0 atom stereocenters. The number of hydrogen-bond acceptors (Lipinski definition) is 0. The van der Waals surface area contributed by atoms with Gasteiger partial charge in [-0.05, 0) is 24.0 Å². The van der Waals surface area contributed by atoms with Crippen LogP contribution in [0.5, 0.6) is 0 Å². The first-order valence-corrected chi connectivity index (χ1v) is 5.25. The standard InChI is InChI=1S/C14H18/c1-3-5-7-13-9-11-14(12-10-13)8-6-4-2/h3,5,7,9-12H,1,4,6,8H2,2H3/b7-5+. The van der Waals surface area contributed by atoms with Gasteiger partial charge in [-0.25, -0.2) is 0 Å². The lowest BCUT2D eigenvalue weighted by Gasteiger charge is -1.99. The number of rotatable bonds is 5. The van der Waals surface area contributed by atoms with E-state index in [2.05, 4.69) is 43.8 Å². The molecule has 74 valence electrons. The topological polar surface area (TPSA) is 0 Å². The second-order valence-electron chi connectivity index (χ2n) is 3.44. The lowest BCUT2D eigenvalue weighted by molar-refractivity contribution is 0.795. The molecular weight excluding hydrogens is 168 g/mol. The van der Waals surface area contributed by atoms with Crippen LogP contribution in [0.4, 0.5) is 0 Å². The van der Waals surface area contributed by atoms with Gasteiger partial charge in [0.05, 0.1) is 0 Å². The molecule has 0 nitrogen and oxygen atoms in total. The lowest BCUT2D eigenvalue weighted by atomic mass is 10.1. The van der Waals surface area contributed by atoms with Crippen molar-refractivity contribution in [1.29, 1.82) is 0 Å². The maximum atomic E-state index is 3.65. The van der Waals surface area contributed by atoms with Gasteiger partial charge >= 0.3 is 0 Å². The fourth-order valence-corrected chi connectivity index (χ4v) is 1.36. The van der Waals surface area contributed by atoms with Gasteiger partial charge in [-0.3, -0.25) is 0 Å². The van der Waals surface area contributed by atoms with E-state index < -0.39 is 0 Å². The Morgan fingerprint density at radius 3 is 2.50 bits per heavy atom. The molecule has 1 aromatic rings. The Balaban J connectivity index is 2.59. The Hall–Kier alpha value is -1.30. The molecule has 0 radical (unpaired) electrons. The molecule has 0 amide bonds. The number of aryl methyl sites for hydroxylation is 1. The minimum atomic E-state index is 1.20. The number of allylic oxidation sites excluding steroid dienone is 2. The SMILES string of the molecule is C=C/C=C/c1ccc(CCCC)cc1. The molecule has 1 rings (SSSR count). The zero-order chi connectivity index (χ0) is 10.2. The summed E-state index contributed by atoms with van der Waals surface area (Å²) in [6.07, 6.45) is 9.56. The highest BCUT2D eigenvalue weighted by Gasteiger charge is 1.91. The fourth-order valence-electron chi connectivity index (χ4n) is 1.36. The van der Waals surface area contributed by atoms with Crippen molar-refractivity contribution in [3.8, 4) is 0 Å². The molecule has 0 aliphatic carbocycles. The van der Waals surface area contributed by atoms with Gasteiger partial charge in [-0.2, -0.15) is 0 Å². The smallest absolute Gasteiger partial charge is 0.0256 e. The van der Waals surface area contributed by atoms with Gasteiger partial charge in [0.2, 0.25) is 0 Å². The van der Waals surface area contributed by atoms with Crippen molar-refractivity contribution in [2.24, 2.45) is 0 Å². The third-order valence-electron chi connectivity index (χ3n) is 2.22. The summed E-state index contributed by atoms with van der Waals surface area (Å²) in [4.78, 5) is 0. The molecule has 0 aliphatic heterocycles. The minimum absolute atomic E-state index is 1.20.